The molecule has 0 nitrogen and oxygen atoms in total. The van der Waals surface area contributed by atoms with Crippen molar-refractivity contribution in [2.45, 2.75) is 39.5 Å². The Morgan fingerprint density at radius 3 is 2.50 bits per heavy atom. The second-order valence-electron chi connectivity index (χ2n) is 7.14. The van der Waals surface area contributed by atoms with Gasteiger partial charge in [-0.3, -0.25) is 0 Å². The molecule has 0 heterocycles. The molecule has 1 aliphatic carbocycles. The SMILES string of the molecule is [2H]c1c([2H])c2c(c([2H])c1C)-c1ccc(C)cc1C2c1cccc(C(C)C)c1. The zero-order valence-electron chi connectivity index (χ0n) is 17.7. The largest absolute Gasteiger partial charge is 0.0632 e. The van der Waals surface area contributed by atoms with Crippen LogP contribution in [-0.4, -0.2) is 0 Å². The van der Waals surface area contributed by atoms with Gasteiger partial charge in [0.1, 0.15) is 0 Å². The molecule has 0 radical (unpaired) electrons. The summed E-state index contributed by atoms with van der Waals surface area (Å²) >= 11 is 0. The van der Waals surface area contributed by atoms with Crippen LogP contribution in [0.1, 0.15) is 63.2 Å². The first kappa shape index (κ1) is 12.1. The minimum Gasteiger partial charge on any atom is -0.0617 e. The molecule has 1 aliphatic rings. The Bertz CT molecular complexity index is 1060. The van der Waals surface area contributed by atoms with Crippen molar-refractivity contribution in [3.8, 4) is 11.1 Å². The summed E-state index contributed by atoms with van der Waals surface area (Å²) < 4.78 is 25.7. The molecule has 0 aliphatic heterocycles. The molecule has 4 rings (SSSR count). The summed E-state index contributed by atoms with van der Waals surface area (Å²) in [5.74, 6) is 0.338. The molecule has 0 bridgehead atoms. The van der Waals surface area contributed by atoms with E-state index in [1.807, 2.05) is 0 Å². The second-order valence-corrected chi connectivity index (χ2v) is 7.14. The van der Waals surface area contributed by atoms with Gasteiger partial charge in [0.2, 0.25) is 0 Å². The number of rotatable bonds is 2. The lowest BCUT2D eigenvalue weighted by atomic mass is 9.86. The summed E-state index contributed by atoms with van der Waals surface area (Å²) in [4.78, 5) is 0. The van der Waals surface area contributed by atoms with Crippen LogP contribution in [0.2, 0.25) is 0 Å². The van der Waals surface area contributed by atoms with Crippen LogP contribution in [0.4, 0.5) is 0 Å². The third-order valence-corrected chi connectivity index (χ3v) is 4.95. The fourth-order valence-electron chi connectivity index (χ4n) is 3.69. The number of fused-ring (bicyclic) bond motifs is 3. The van der Waals surface area contributed by atoms with Crippen LogP contribution in [0.25, 0.3) is 11.1 Å². The molecular formula is C24H24. The van der Waals surface area contributed by atoms with E-state index in [2.05, 4.69) is 63.2 Å². The van der Waals surface area contributed by atoms with E-state index in [-0.39, 0.29) is 18.0 Å². The second kappa shape index (κ2) is 5.63. The molecule has 3 aromatic carbocycles. The van der Waals surface area contributed by atoms with E-state index in [4.69, 9.17) is 4.11 Å². The standard InChI is InChI=1S/C24H24/c1-15(2)18-6-5-7-19(14-18)24-21-11-9-16(3)12-22(21)20-10-8-17(4)13-23(20)24/h5-15,24H,1-4H3/i9D,11D,12D. The molecule has 0 fully saturated rings. The maximum Gasteiger partial charge on any atom is 0.0632 e. The van der Waals surface area contributed by atoms with Crippen molar-refractivity contribution in [2.24, 2.45) is 0 Å². The van der Waals surface area contributed by atoms with Crippen LogP contribution < -0.4 is 0 Å². The van der Waals surface area contributed by atoms with Crippen LogP contribution in [0.15, 0.2) is 60.6 Å². The quantitative estimate of drug-likeness (QED) is 0.391. The summed E-state index contributed by atoms with van der Waals surface area (Å²) in [6, 6.07) is 15.7. The van der Waals surface area contributed by atoms with E-state index in [1.54, 1.807) is 6.92 Å². The predicted octanol–water partition coefficient (Wildman–Crippen LogP) is 6.59. The highest BCUT2D eigenvalue weighted by Crippen LogP contribution is 2.48. The van der Waals surface area contributed by atoms with Gasteiger partial charge in [0.05, 0.1) is 4.11 Å². The van der Waals surface area contributed by atoms with Crippen LogP contribution in [0.3, 0.4) is 0 Å². The van der Waals surface area contributed by atoms with Gasteiger partial charge in [-0.05, 0) is 53.1 Å². The first-order valence-electron chi connectivity index (χ1n) is 10.1. The molecule has 0 saturated carbocycles. The lowest BCUT2D eigenvalue weighted by Crippen LogP contribution is -2.01. The molecule has 0 heteroatoms. The van der Waals surface area contributed by atoms with E-state index in [9.17, 15) is 0 Å². The Hall–Kier alpha value is -2.34. The molecule has 0 aromatic heterocycles. The first-order chi connectivity index (χ1) is 12.8. The Morgan fingerprint density at radius 2 is 1.71 bits per heavy atom. The average Bonchev–Trinajstić information content (AvgIpc) is 2.99. The molecule has 1 unspecified atom stereocenters. The number of hydrogen-bond donors (Lipinski definition) is 0. The van der Waals surface area contributed by atoms with Crippen molar-refractivity contribution >= 4 is 0 Å². The van der Waals surface area contributed by atoms with Crippen molar-refractivity contribution in [1.82, 2.24) is 0 Å². The molecular weight excluding hydrogens is 288 g/mol. The van der Waals surface area contributed by atoms with Gasteiger partial charge in [-0.1, -0.05) is 85.6 Å². The molecule has 0 saturated heterocycles. The minimum atomic E-state index is -0.0881. The van der Waals surface area contributed by atoms with Gasteiger partial charge >= 0.3 is 0 Å². The van der Waals surface area contributed by atoms with Crippen LogP contribution in [0.5, 0.6) is 0 Å². The van der Waals surface area contributed by atoms with Crippen molar-refractivity contribution in [3.63, 3.8) is 0 Å². The summed E-state index contributed by atoms with van der Waals surface area (Å²) in [5.41, 5.74) is 8.01. The maximum absolute atomic E-state index is 8.69. The minimum absolute atomic E-state index is 0.0881. The summed E-state index contributed by atoms with van der Waals surface area (Å²) in [6.07, 6.45) is 0. The molecule has 120 valence electrons. The topological polar surface area (TPSA) is 0 Å². The van der Waals surface area contributed by atoms with Gasteiger partial charge in [-0.2, -0.15) is 0 Å². The highest BCUT2D eigenvalue weighted by atomic mass is 14.3. The lowest BCUT2D eigenvalue weighted by Gasteiger charge is -2.17. The van der Waals surface area contributed by atoms with Crippen molar-refractivity contribution in [2.75, 3.05) is 0 Å². The molecule has 0 N–H and O–H groups in total. The fourth-order valence-corrected chi connectivity index (χ4v) is 3.69. The monoisotopic (exact) mass is 315 g/mol. The third kappa shape index (κ3) is 2.38. The van der Waals surface area contributed by atoms with Crippen molar-refractivity contribution in [3.05, 3.63) is 94.0 Å². The number of aryl methyl sites for hydroxylation is 1. The van der Waals surface area contributed by atoms with Gasteiger partial charge < -0.3 is 0 Å². The zero-order valence-corrected chi connectivity index (χ0v) is 14.7. The molecule has 0 amide bonds. The number of hydrogen-bond acceptors (Lipinski definition) is 0. The van der Waals surface area contributed by atoms with Crippen LogP contribution in [0, 0.1) is 13.8 Å². The zero-order chi connectivity index (χ0) is 19.5. The van der Waals surface area contributed by atoms with E-state index >= 15 is 0 Å². The van der Waals surface area contributed by atoms with Crippen LogP contribution in [-0.2, 0) is 0 Å². The Kier molecular flexibility index (Phi) is 2.83. The van der Waals surface area contributed by atoms with Gasteiger partial charge in [-0.15, -0.1) is 0 Å². The number of benzene rings is 3. The molecule has 0 spiro atoms. The maximum atomic E-state index is 8.69. The smallest absolute Gasteiger partial charge is 0.0617 e. The highest BCUT2D eigenvalue weighted by Gasteiger charge is 2.30. The molecule has 3 aromatic rings. The Morgan fingerprint density at radius 1 is 0.875 bits per heavy atom. The molecule has 1 atom stereocenters. The summed E-state index contributed by atoms with van der Waals surface area (Å²) in [7, 11) is 0. The Labute approximate surface area is 149 Å². The Balaban J connectivity index is 2.08. The fraction of sp³-hybridized carbons (Fsp3) is 0.250. The van der Waals surface area contributed by atoms with Crippen LogP contribution >= 0.6 is 0 Å². The lowest BCUT2D eigenvalue weighted by molar-refractivity contribution is 0.859. The summed E-state index contributed by atoms with van der Waals surface area (Å²) in [6.45, 7) is 8.23. The van der Waals surface area contributed by atoms with Gasteiger partial charge in [0, 0.05) is 5.92 Å². The van der Waals surface area contributed by atoms with Crippen molar-refractivity contribution < 1.29 is 4.11 Å². The van der Waals surface area contributed by atoms with Crippen molar-refractivity contribution in [1.29, 1.82) is 0 Å². The van der Waals surface area contributed by atoms with Gasteiger partial charge in [0.25, 0.3) is 0 Å². The predicted molar refractivity (Wildman–Crippen MR) is 103 cm³/mol. The first-order valence-corrected chi connectivity index (χ1v) is 8.62. The van der Waals surface area contributed by atoms with E-state index in [0.717, 1.165) is 27.8 Å². The highest BCUT2D eigenvalue weighted by molar-refractivity contribution is 5.81. The van der Waals surface area contributed by atoms with Gasteiger partial charge in [-0.25, -0.2) is 0 Å². The summed E-state index contributed by atoms with van der Waals surface area (Å²) in [5, 5.41) is 0. The third-order valence-electron chi connectivity index (χ3n) is 4.95. The van der Waals surface area contributed by atoms with E-state index < -0.39 is 0 Å². The van der Waals surface area contributed by atoms with E-state index in [1.165, 1.54) is 11.1 Å². The van der Waals surface area contributed by atoms with Gasteiger partial charge in [0.15, 0.2) is 0 Å². The van der Waals surface area contributed by atoms with E-state index in [0.29, 0.717) is 17.5 Å². The average molecular weight is 315 g/mol. The molecule has 24 heavy (non-hydrogen) atoms. The normalized spacial score (nSPS) is 17.2.